The van der Waals surface area contributed by atoms with Gasteiger partial charge in [0, 0.05) is 4.47 Å². The summed E-state index contributed by atoms with van der Waals surface area (Å²) in [5.41, 5.74) is 0.510. The van der Waals surface area contributed by atoms with Crippen LogP contribution in [0.1, 0.15) is 10.4 Å². The molecule has 2 nitrogen and oxygen atoms in total. The summed E-state index contributed by atoms with van der Waals surface area (Å²) in [5, 5.41) is 0. The van der Waals surface area contributed by atoms with Crippen molar-refractivity contribution in [3.8, 4) is 5.75 Å². The number of halogens is 2. The van der Waals surface area contributed by atoms with Gasteiger partial charge in [0.15, 0.2) is 22.5 Å². The molecule has 0 N–H and O–H groups in total. The number of carbonyl (C=O) groups is 1. The van der Waals surface area contributed by atoms with Crippen molar-refractivity contribution in [2.75, 3.05) is 0 Å². The Morgan fingerprint density at radius 2 is 2.18 bits per heavy atom. The molecule has 0 amide bonds. The Hall–Kier alpha value is -0.350. The lowest BCUT2D eigenvalue weighted by molar-refractivity contribution is 0.112. The second-order valence-electron chi connectivity index (χ2n) is 1.88. The third-order valence-electron chi connectivity index (χ3n) is 1.18. The summed E-state index contributed by atoms with van der Waals surface area (Å²) in [6, 6.07) is 5.18. The second kappa shape index (κ2) is 3.88. The lowest BCUT2D eigenvalue weighted by Crippen LogP contribution is -1.84. The number of benzene rings is 1. The first-order chi connectivity index (χ1) is 5.27. The lowest BCUT2D eigenvalue weighted by atomic mass is 10.2. The molecule has 0 atom stereocenters. The van der Waals surface area contributed by atoms with Gasteiger partial charge in [0.25, 0.3) is 0 Å². The van der Waals surface area contributed by atoms with E-state index in [0.29, 0.717) is 11.3 Å². The number of hydrogen-bond acceptors (Lipinski definition) is 2. The standard InChI is InChI=1S/C7H4Br2O2/c8-6-1-2-7(11-9)5(3-6)4-10/h1-4H. The maximum absolute atomic E-state index is 10.4. The van der Waals surface area contributed by atoms with Gasteiger partial charge >= 0.3 is 0 Å². The molecule has 0 radical (unpaired) electrons. The monoisotopic (exact) mass is 278 g/mol. The molecule has 0 aliphatic rings. The summed E-state index contributed by atoms with van der Waals surface area (Å²) in [7, 11) is 0. The molecule has 0 aromatic heterocycles. The topological polar surface area (TPSA) is 26.3 Å². The molecule has 0 aliphatic heterocycles. The van der Waals surface area contributed by atoms with Crippen molar-refractivity contribution in [3.05, 3.63) is 28.2 Å². The molecule has 0 bridgehead atoms. The van der Waals surface area contributed by atoms with E-state index in [1.165, 1.54) is 0 Å². The zero-order valence-corrected chi connectivity index (χ0v) is 8.55. The average molecular weight is 280 g/mol. The van der Waals surface area contributed by atoms with E-state index in [0.717, 1.165) is 10.8 Å². The molecule has 1 rings (SSSR count). The largest absolute Gasteiger partial charge is 0.417 e. The van der Waals surface area contributed by atoms with E-state index in [-0.39, 0.29) is 0 Å². The van der Waals surface area contributed by atoms with E-state index in [9.17, 15) is 4.79 Å². The van der Waals surface area contributed by atoms with Gasteiger partial charge in [0.05, 0.1) is 5.56 Å². The Labute approximate surface area is 81.1 Å². The number of aldehydes is 1. The first kappa shape index (κ1) is 8.74. The molecule has 58 valence electrons. The van der Waals surface area contributed by atoms with Crippen molar-refractivity contribution in [1.82, 2.24) is 0 Å². The normalized spacial score (nSPS) is 9.27. The molecule has 1 aromatic carbocycles. The molecule has 0 unspecified atom stereocenters. The number of rotatable bonds is 2. The molecule has 0 heterocycles. The van der Waals surface area contributed by atoms with Crippen LogP contribution in [0.2, 0.25) is 0 Å². The summed E-state index contributed by atoms with van der Waals surface area (Å²) < 4.78 is 5.61. The third-order valence-corrected chi connectivity index (χ3v) is 2.02. The summed E-state index contributed by atoms with van der Waals surface area (Å²) in [6.45, 7) is 0. The van der Waals surface area contributed by atoms with Gasteiger partial charge < -0.3 is 3.83 Å². The van der Waals surface area contributed by atoms with Crippen LogP contribution in [0, 0.1) is 0 Å². The Kier molecular flexibility index (Phi) is 3.08. The van der Waals surface area contributed by atoms with Gasteiger partial charge in [-0.05, 0) is 18.2 Å². The highest BCUT2D eigenvalue weighted by Crippen LogP contribution is 2.22. The van der Waals surface area contributed by atoms with Crippen LogP contribution in [-0.2, 0) is 0 Å². The zero-order chi connectivity index (χ0) is 8.27. The number of carbonyl (C=O) groups excluding carboxylic acids is 1. The van der Waals surface area contributed by atoms with E-state index >= 15 is 0 Å². The number of hydrogen-bond donors (Lipinski definition) is 0. The van der Waals surface area contributed by atoms with E-state index in [1.807, 2.05) is 0 Å². The predicted molar refractivity (Wildman–Crippen MR) is 49.1 cm³/mol. The second-order valence-corrected chi connectivity index (χ2v) is 3.12. The average Bonchev–Trinajstić information content (AvgIpc) is 2.04. The van der Waals surface area contributed by atoms with Gasteiger partial charge in [-0.2, -0.15) is 0 Å². The highest BCUT2D eigenvalue weighted by Gasteiger charge is 2.01. The molecule has 0 spiro atoms. The minimum absolute atomic E-state index is 0.510. The quantitative estimate of drug-likeness (QED) is 0.778. The van der Waals surface area contributed by atoms with Crippen LogP contribution in [0.5, 0.6) is 5.75 Å². The van der Waals surface area contributed by atoms with Crippen LogP contribution in [0.3, 0.4) is 0 Å². The van der Waals surface area contributed by atoms with E-state index in [4.69, 9.17) is 3.83 Å². The van der Waals surface area contributed by atoms with Crippen molar-refractivity contribution < 1.29 is 8.62 Å². The smallest absolute Gasteiger partial charge is 0.179 e. The van der Waals surface area contributed by atoms with Gasteiger partial charge in [-0.15, -0.1) is 0 Å². The van der Waals surface area contributed by atoms with Gasteiger partial charge in [-0.3, -0.25) is 4.79 Å². The van der Waals surface area contributed by atoms with Crippen molar-refractivity contribution in [3.63, 3.8) is 0 Å². The third kappa shape index (κ3) is 2.04. The summed E-state index contributed by atoms with van der Waals surface area (Å²) in [5.74, 6) is 0.517. The van der Waals surface area contributed by atoms with Gasteiger partial charge in [-0.1, -0.05) is 15.9 Å². The van der Waals surface area contributed by atoms with Crippen LogP contribution in [0.25, 0.3) is 0 Å². The molecule has 0 fully saturated rings. The van der Waals surface area contributed by atoms with Crippen LogP contribution < -0.4 is 3.83 Å². The van der Waals surface area contributed by atoms with Crippen LogP contribution in [0.15, 0.2) is 22.7 Å². The SMILES string of the molecule is O=Cc1cc(Br)ccc1OBr. The Morgan fingerprint density at radius 3 is 2.73 bits per heavy atom. The van der Waals surface area contributed by atoms with Gasteiger partial charge in [0.1, 0.15) is 5.75 Å². The van der Waals surface area contributed by atoms with E-state index < -0.39 is 0 Å². The molecule has 11 heavy (non-hydrogen) atoms. The zero-order valence-electron chi connectivity index (χ0n) is 5.38. The highest BCUT2D eigenvalue weighted by molar-refractivity contribution is 9.10. The fourth-order valence-corrected chi connectivity index (χ4v) is 1.36. The Morgan fingerprint density at radius 1 is 1.45 bits per heavy atom. The van der Waals surface area contributed by atoms with Crippen LogP contribution >= 0.6 is 32.2 Å². The summed E-state index contributed by atoms with van der Waals surface area (Å²) >= 11 is 6.04. The molecule has 0 saturated carbocycles. The van der Waals surface area contributed by atoms with Gasteiger partial charge in [-0.25, -0.2) is 0 Å². The maximum atomic E-state index is 10.4. The van der Waals surface area contributed by atoms with Gasteiger partial charge in [0.2, 0.25) is 0 Å². The van der Waals surface area contributed by atoms with Crippen molar-refractivity contribution in [2.45, 2.75) is 0 Å². The summed E-state index contributed by atoms with van der Waals surface area (Å²) in [6.07, 6.45) is 0.737. The van der Waals surface area contributed by atoms with Crippen molar-refractivity contribution in [1.29, 1.82) is 0 Å². The maximum Gasteiger partial charge on any atom is 0.179 e. The lowest BCUT2D eigenvalue weighted by Gasteiger charge is -1.99. The van der Waals surface area contributed by atoms with Crippen molar-refractivity contribution >= 4 is 38.5 Å². The first-order valence-electron chi connectivity index (χ1n) is 2.81. The molecule has 1 aromatic rings. The summed E-state index contributed by atoms with van der Waals surface area (Å²) in [4.78, 5) is 10.4. The fourth-order valence-electron chi connectivity index (χ4n) is 0.682. The molecular weight excluding hydrogens is 276 g/mol. The van der Waals surface area contributed by atoms with E-state index in [1.54, 1.807) is 18.2 Å². The highest BCUT2D eigenvalue weighted by atomic mass is 79.9. The molecular formula is C7H4Br2O2. The minimum atomic E-state index is 0.510. The van der Waals surface area contributed by atoms with Crippen LogP contribution in [-0.4, -0.2) is 6.29 Å². The minimum Gasteiger partial charge on any atom is -0.417 e. The Bertz CT molecular complexity index is 273. The first-order valence-corrected chi connectivity index (χ1v) is 4.25. The molecule has 0 saturated heterocycles. The Balaban J connectivity index is 3.16. The van der Waals surface area contributed by atoms with Crippen LogP contribution in [0.4, 0.5) is 0 Å². The van der Waals surface area contributed by atoms with E-state index in [2.05, 4.69) is 32.2 Å². The fraction of sp³-hybridized carbons (Fsp3) is 0. The molecule has 4 heteroatoms. The van der Waals surface area contributed by atoms with Crippen molar-refractivity contribution in [2.24, 2.45) is 0 Å². The molecule has 0 aliphatic carbocycles. The predicted octanol–water partition coefficient (Wildman–Crippen LogP) is 2.95.